The van der Waals surface area contributed by atoms with Gasteiger partial charge < -0.3 is 0 Å². The minimum Gasteiger partial charge on any atom is -0.244 e. The van der Waals surface area contributed by atoms with Crippen LogP contribution in [0.15, 0.2) is 110 Å². The lowest BCUT2D eigenvalue weighted by atomic mass is 9.90. The Balaban J connectivity index is 0.000000147. The molecule has 0 bridgehead atoms. The molecule has 0 fully saturated rings. The van der Waals surface area contributed by atoms with Crippen molar-refractivity contribution in [2.45, 2.75) is 0 Å². The molecule has 0 spiro atoms. The maximum Gasteiger partial charge on any atom is 0.116 e. The van der Waals surface area contributed by atoms with E-state index in [9.17, 15) is 0 Å². The number of hydrogen-bond donors (Lipinski definition) is 0. The Morgan fingerprint density at radius 3 is 1.40 bits per heavy atom. The van der Waals surface area contributed by atoms with Crippen molar-refractivity contribution in [3.05, 3.63) is 110 Å². The van der Waals surface area contributed by atoms with Gasteiger partial charge in [0.05, 0.1) is 5.52 Å². The summed E-state index contributed by atoms with van der Waals surface area (Å²) in [4.78, 5) is 7.97. The molecule has 140 valence electrons. The van der Waals surface area contributed by atoms with Gasteiger partial charge in [0.25, 0.3) is 0 Å². The van der Waals surface area contributed by atoms with Crippen LogP contribution < -0.4 is 0 Å². The summed E-state index contributed by atoms with van der Waals surface area (Å²) in [5.74, 6) is 0. The molecule has 0 aliphatic rings. The van der Waals surface area contributed by atoms with Crippen LogP contribution in [0.25, 0.3) is 54.0 Å². The molecule has 0 N–H and O–H groups in total. The molecular formula is C28H18N2. The molecule has 7 aromatic rings. The highest BCUT2D eigenvalue weighted by Crippen LogP contribution is 2.39. The Labute approximate surface area is 173 Å². The van der Waals surface area contributed by atoms with Gasteiger partial charge in [0.1, 0.15) is 6.33 Å². The van der Waals surface area contributed by atoms with Gasteiger partial charge in [-0.3, -0.25) is 0 Å². The zero-order valence-electron chi connectivity index (χ0n) is 16.3. The molecule has 0 saturated heterocycles. The lowest BCUT2D eigenvalue weighted by Crippen LogP contribution is -1.85. The second-order valence-corrected chi connectivity index (χ2v) is 7.50. The number of aromatic nitrogens is 2. The van der Waals surface area contributed by atoms with Gasteiger partial charge in [0, 0.05) is 11.6 Å². The van der Waals surface area contributed by atoms with Crippen LogP contribution in [0.1, 0.15) is 0 Å². The zero-order valence-corrected chi connectivity index (χ0v) is 16.3. The van der Waals surface area contributed by atoms with Crippen LogP contribution in [-0.2, 0) is 0 Å². The fourth-order valence-electron chi connectivity index (χ4n) is 4.50. The van der Waals surface area contributed by atoms with Crippen molar-refractivity contribution in [1.82, 2.24) is 9.97 Å². The van der Waals surface area contributed by atoms with Crippen molar-refractivity contribution in [3.63, 3.8) is 0 Å². The molecule has 7 rings (SSSR count). The van der Waals surface area contributed by atoms with Crippen molar-refractivity contribution in [1.29, 1.82) is 0 Å². The van der Waals surface area contributed by atoms with Crippen LogP contribution >= 0.6 is 0 Å². The largest absolute Gasteiger partial charge is 0.244 e. The Bertz CT molecular complexity index is 1410. The van der Waals surface area contributed by atoms with Crippen LogP contribution in [0.3, 0.4) is 0 Å². The highest BCUT2D eigenvalue weighted by atomic mass is 14.8. The summed E-state index contributed by atoms with van der Waals surface area (Å²) >= 11 is 0. The monoisotopic (exact) mass is 382 g/mol. The topological polar surface area (TPSA) is 25.8 Å². The first-order valence-corrected chi connectivity index (χ1v) is 10.1. The molecule has 0 atom stereocenters. The number of nitrogens with zero attached hydrogens (tertiary/aromatic N) is 2. The van der Waals surface area contributed by atoms with Gasteiger partial charge in [-0.1, -0.05) is 91.0 Å². The highest BCUT2D eigenvalue weighted by molar-refractivity contribution is 6.32. The van der Waals surface area contributed by atoms with Crippen LogP contribution in [0, 0.1) is 0 Å². The lowest BCUT2D eigenvalue weighted by Gasteiger charge is -2.13. The average molecular weight is 382 g/mol. The third-order valence-electron chi connectivity index (χ3n) is 5.80. The van der Waals surface area contributed by atoms with Crippen LogP contribution in [0.5, 0.6) is 0 Å². The SMILES string of the molecule is c1cc2cccc3c4cccc5cccc(c(c1)c23)c54.c1ccc2ncncc2c1. The summed E-state index contributed by atoms with van der Waals surface area (Å²) in [5, 5.41) is 12.0. The summed E-state index contributed by atoms with van der Waals surface area (Å²) in [6, 6.07) is 34.4. The Morgan fingerprint density at radius 2 is 0.900 bits per heavy atom. The van der Waals surface area contributed by atoms with E-state index >= 15 is 0 Å². The van der Waals surface area contributed by atoms with Crippen molar-refractivity contribution >= 4 is 54.0 Å². The third kappa shape index (κ3) is 2.58. The van der Waals surface area contributed by atoms with Crippen molar-refractivity contribution in [2.75, 3.05) is 0 Å². The van der Waals surface area contributed by atoms with Gasteiger partial charge >= 0.3 is 0 Å². The summed E-state index contributed by atoms with van der Waals surface area (Å²) < 4.78 is 0. The number of hydrogen-bond acceptors (Lipinski definition) is 2. The fourth-order valence-corrected chi connectivity index (χ4v) is 4.50. The molecule has 0 aliphatic heterocycles. The molecule has 0 amide bonds. The van der Waals surface area contributed by atoms with Gasteiger partial charge in [-0.15, -0.1) is 0 Å². The predicted molar refractivity (Wildman–Crippen MR) is 127 cm³/mol. The van der Waals surface area contributed by atoms with E-state index in [1.165, 1.54) is 43.1 Å². The van der Waals surface area contributed by atoms with E-state index < -0.39 is 0 Å². The van der Waals surface area contributed by atoms with Crippen molar-refractivity contribution in [3.8, 4) is 0 Å². The van der Waals surface area contributed by atoms with Gasteiger partial charge in [-0.25, -0.2) is 9.97 Å². The third-order valence-corrected chi connectivity index (χ3v) is 5.80. The molecule has 6 aromatic carbocycles. The molecule has 30 heavy (non-hydrogen) atoms. The van der Waals surface area contributed by atoms with Crippen LogP contribution in [0.4, 0.5) is 0 Å². The second kappa shape index (κ2) is 6.78. The first kappa shape index (κ1) is 16.9. The summed E-state index contributed by atoms with van der Waals surface area (Å²) in [6.07, 6.45) is 3.37. The van der Waals surface area contributed by atoms with E-state index in [0.717, 1.165) is 10.9 Å². The van der Waals surface area contributed by atoms with E-state index in [-0.39, 0.29) is 0 Å². The van der Waals surface area contributed by atoms with Crippen molar-refractivity contribution < 1.29 is 0 Å². The number of para-hydroxylation sites is 1. The average Bonchev–Trinajstić information content (AvgIpc) is 2.83. The number of benzene rings is 6. The highest BCUT2D eigenvalue weighted by Gasteiger charge is 2.11. The van der Waals surface area contributed by atoms with Gasteiger partial charge in [0.15, 0.2) is 0 Å². The normalized spacial score (nSPS) is 11.3. The van der Waals surface area contributed by atoms with Gasteiger partial charge in [-0.05, 0) is 49.2 Å². The predicted octanol–water partition coefficient (Wildman–Crippen LogP) is 7.37. The standard InChI is InChI=1S/C20H12.C8H6N2/c1-5-13-6-2-11-17-18-12-4-8-14-7-3-10-16(20(14)18)15(9-1)19(13)17;1-2-4-8-7(3-1)5-9-6-10-8/h1-12H;1-6H. The fraction of sp³-hybridized carbons (Fsp3) is 0. The van der Waals surface area contributed by atoms with E-state index in [4.69, 9.17) is 0 Å². The Kier molecular flexibility index (Phi) is 3.82. The zero-order chi connectivity index (χ0) is 19.9. The quantitative estimate of drug-likeness (QED) is 0.202. The smallest absolute Gasteiger partial charge is 0.116 e. The second-order valence-electron chi connectivity index (χ2n) is 7.50. The summed E-state index contributed by atoms with van der Waals surface area (Å²) in [5.41, 5.74) is 0.998. The summed E-state index contributed by atoms with van der Waals surface area (Å²) in [6.45, 7) is 0. The van der Waals surface area contributed by atoms with Crippen molar-refractivity contribution in [2.24, 2.45) is 0 Å². The molecule has 0 aliphatic carbocycles. The Hall–Kier alpha value is -4.04. The minimum atomic E-state index is 0.998. The molecule has 2 nitrogen and oxygen atoms in total. The van der Waals surface area contributed by atoms with Crippen LogP contribution in [-0.4, -0.2) is 9.97 Å². The maximum absolute atomic E-state index is 4.07. The molecule has 2 heteroatoms. The molecule has 0 saturated carbocycles. The molecule has 1 aromatic heterocycles. The first-order valence-electron chi connectivity index (χ1n) is 10.1. The molecule has 0 radical (unpaired) electrons. The van der Waals surface area contributed by atoms with E-state index in [0.29, 0.717) is 0 Å². The molecule has 0 unspecified atom stereocenters. The molecular weight excluding hydrogens is 364 g/mol. The van der Waals surface area contributed by atoms with E-state index in [2.05, 4.69) is 82.8 Å². The minimum absolute atomic E-state index is 0.998. The van der Waals surface area contributed by atoms with E-state index in [1.807, 2.05) is 30.5 Å². The summed E-state index contributed by atoms with van der Waals surface area (Å²) in [7, 11) is 0. The van der Waals surface area contributed by atoms with Gasteiger partial charge in [-0.2, -0.15) is 0 Å². The van der Waals surface area contributed by atoms with Crippen LogP contribution in [0.2, 0.25) is 0 Å². The number of rotatable bonds is 0. The maximum atomic E-state index is 4.07. The Morgan fingerprint density at radius 1 is 0.433 bits per heavy atom. The lowest BCUT2D eigenvalue weighted by molar-refractivity contribution is 1.22. The molecule has 1 heterocycles. The van der Waals surface area contributed by atoms with E-state index in [1.54, 1.807) is 6.33 Å². The number of fused-ring (bicyclic) bond motifs is 3. The van der Waals surface area contributed by atoms with Gasteiger partial charge in [0.2, 0.25) is 0 Å². The first-order chi connectivity index (χ1) is 14.9.